The van der Waals surface area contributed by atoms with E-state index in [4.69, 9.17) is 15.9 Å². The maximum Gasteiger partial charge on any atom is 0.328 e. The van der Waals surface area contributed by atoms with E-state index in [9.17, 15) is 9.59 Å². The molecule has 1 aliphatic carbocycles. The summed E-state index contributed by atoms with van der Waals surface area (Å²) >= 11 is 0. The predicted molar refractivity (Wildman–Crippen MR) is 85.2 cm³/mol. The molecule has 1 aromatic rings. The highest BCUT2D eigenvalue weighted by molar-refractivity contribution is 5.89. The Labute approximate surface area is 134 Å². The largest absolute Gasteiger partial charge is 0.478 e. The van der Waals surface area contributed by atoms with Crippen molar-refractivity contribution in [1.29, 1.82) is 0 Å². The lowest BCUT2D eigenvalue weighted by molar-refractivity contribution is -0.134. The van der Waals surface area contributed by atoms with Crippen molar-refractivity contribution in [3.63, 3.8) is 0 Å². The second kappa shape index (κ2) is 7.23. The van der Waals surface area contributed by atoms with Crippen LogP contribution in [0.15, 0.2) is 30.6 Å². The van der Waals surface area contributed by atoms with Crippen LogP contribution in [0.2, 0.25) is 0 Å². The van der Waals surface area contributed by atoms with Crippen molar-refractivity contribution >= 4 is 17.6 Å². The fraction of sp³-hybridized carbons (Fsp3) is 0.438. The molecule has 0 amide bonds. The average Bonchev–Trinajstić information content (AvgIpc) is 3.16. The Balaban J connectivity index is 0.000000207. The van der Waals surface area contributed by atoms with Crippen molar-refractivity contribution in [2.75, 3.05) is 11.4 Å². The fourth-order valence-electron chi connectivity index (χ4n) is 2.99. The molecule has 1 saturated carbocycles. The van der Waals surface area contributed by atoms with E-state index in [1.165, 1.54) is 24.1 Å². The Morgan fingerprint density at radius 1 is 1.30 bits per heavy atom. The van der Waals surface area contributed by atoms with Crippen LogP contribution in [0.3, 0.4) is 0 Å². The van der Waals surface area contributed by atoms with E-state index in [1.54, 1.807) is 0 Å². The summed E-state index contributed by atoms with van der Waals surface area (Å²) in [5.41, 5.74) is 8.31. The molecule has 7 heteroatoms. The maximum atomic E-state index is 9.55. The van der Waals surface area contributed by atoms with Gasteiger partial charge in [-0.25, -0.2) is 9.59 Å². The van der Waals surface area contributed by atoms with Crippen molar-refractivity contribution in [3.05, 3.63) is 36.2 Å². The summed E-state index contributed by atoms with van der Waals surface area (Å²) in [4.78, 5) is 25.9. The maximum absolute atomic E-state index is 9.55. The summed E-state index contributed by atoms with van der Waals surface area (Å²) in [6.07, 6.45) is 7.61. The van der Waals surface area contributed by atoms with Gasteiger partial charge in [-0.05, 0) is 37.3 Å². The Bertz CT molecular complexity index is 601. The van der Waals surface area contributed by atoms with Crippen molar-refractivity contribution in [1.82, 2.24) is 4.98 Å². The molecule has 0 bridgehead atoms. The van der Waals surface area contributed by atoms with Crippen molar-refractivity contribution in [2.24, 2.45) is 11.7 Å². The SMILES string of the molecule is Cc1cncc(N2C(CN)CC3CC32)c1.O=C(O)/C=C/C(=O)O. The number of anilines is 1. The number of carbonyl (C=O) groups is 2. The first-order chi connectivity index (χ1) is 10.9. The number of aromatic nitrogens is 1. The third-order valence-corrected chi connectivity index (χ3v) is 4.01. The monoisotopic (exact) mass is 319 g/mol. The standard InChI is InChI=1S/C12H17N3.C4H4O4/c1-8-2-11(7-14-6-8)15-10(5-13)3-9-4-12(9)15;5-3(6)1-2-4(7)8/h2,6-7,9-10,12H,3-5,13H2,1H3;1-2H,(H,5,6)(H,7,8)/b;2-1+. The van der Waals surface area contributed by atoms with Gasteiger partial charge >= 0.3 is 11.9 Å². The highest BCUT2D eigenvalue weighted by Crippen LogP contribution is 2.49. The highest BCUT2D eigenvalue weighted by Gasteiger charge is 2.51. The molecule has 2 heterocycles. The summed E-state index contributed by atoms with van der Waals surface area (Å²) in [5, 5.41) is 15.6. The number of fused-ring (bicyclic) bond motifs is 1. The molecule has 1 aromatic heterocycles. The Kier molecular flexibility index (Phi) is 5.33. The first-order valence-electron chi connectivity index (χ1n) is 7.46. The van der Waals surface area contributed by atoms with Crippen LogP contribution in [0, 0.1) is 12.8 Å². The van der Waals surface area contributed by atoms with Gasteiger partial charge in [0.05, 0.1) is 11.9 Å². The van der Waals surface area contributed by atoms with Crippen LogP contribution in [0.1, 0.15) is 18.4 Å². The average molecular weight is 319 g/mol. The number of rotatable bonds is 4. The first-order valence-corrected chi connectivity index (χ1v) is 7.46. The van der Waals surface area contributed by atoms with Gasteiger partial charge in [0.15, 0.2) is 0 Å². The third kappa shape index (κ3) is 4.53. The smallest absolute Gasteiger partial charge is 0.328 e. The van der Waals surface area contributed by atoms with Gasteiger partial charge in [-0.2, -0.15) is 0 Å². The molecule has 3 atom stereocenters. The van der Waals surface area contributed by atoms with Crippen LogP contribution < -0.4 is 10.6 Å². The summed E-state index contributed by atoms with van der Waals surface area (Å²) in [5.74, 6) is -1.61. The number of carboxylic acid groups (broad SMARTS) is 2. The molecule has 1 saturated heterocycles. The highest BCUT2D eigenvalue weighted by atomic mass is 16.4. The normalized spacial score (nSPS) is 24.8. The molecule has 2 aliphatic rings. The van der Waals surface area contributed by atoms with Crippen molar-refractivity contribution in [3.8, 4) is 0 Å². The van der Waals surface area contributed by atoms with E-state index in [0.717, 1.165) is 18.5 Å². The van der Waals surface area contributed by atoms with Gasteiger partial charge in [0.1, 0.15) is 0 Å². The van der Waals surface area contributed by atoms with Crippen LogP contribution in [0.25, 0.3) is 0 Å². The quantitative estimate of drug-likeness (QED) is 0.709. The number of carboxylic acids is 2. The molecule has 2 fully saturated rings. The van der Waals surface area contributed by atoms with E-state index < -0.39 is 11.9 Å². The van der Waals surface area contributed by atoms with Gasteiger partial charge in [-0.15, -0.1) is 0 Å². The van der Waals surface area contributed by atoms with E-state index in [1.807, 2.05) is 12.4 Å². The molecule has 23 heavy (non-hydrogen) atoms. The lowest BCUT2D eigenvalue weighted by atomic mass is 10.1. The molecule has 7 nitrogen and oxygen atoms in total. The Morgan fingerprint density at radius 3 is 2.48 bits per heavy atom. The molecular formula is C16H21N3O4. The number of aliphatic carboxylic acids is 2. The minimum atomic E-state index is -1.26. The van der Waals surface area contributed by atoms with Gasteiger partial charge in [-0.1, -0.05) is 0 Å². The van der Waals surface area contributed by atoms with Crippen LogP contribution in [-0.4, -0.2) is 45.8 Å². The Morgan fingerprint density at radius 2 is 1.96 bits per heavy atom. The summed E-state index contributed by atoms with van der Waals surface area (Å²) in [6, 6.07) is 3.51. The molecular weight excluding hydrogens is 298 g/mol. The number of hydrogen-bond acceptors (Lipinski definition) is 5. The van der Waals surface area contributed by atoms with Gasteiger partial charge in [0, 0.05) is 37.0 Å². The van der Waals surface area contributed by atoms with Crippen LogP contribution in [0.5, 0.6) is 0 Å². The number of nitrogens with two attached hydrogens (primary N) is 1. The minimum Gasteiger partial charge on any atom is -0.478 e. The van der Waals surface area contributed by atoms with Crippen molar-refractivity contribution in [2.45, 2.75) is 31.8 Å². The van der Waals surface area contributed by atoms with E-state index >= 15 is 0 Å². The second-order valence-electron chi connectivity index (χ2n) is 5.83. The van der Waals surface area contributed by atoms with Gasteiger partial charge in [-0.3, -0.25) is 4.98 Å². The summed E-state index contributed by atoms with van der Waals surface area (Å²) in [6.45, 7) is 2.86. The molecule has 124 valence electrons. The van der Waals surface area contributed by atoms with Gasteiger partial charge in [0.25, 0.3) is 0 Å². The van der Waals surface area contributed by atoms with Crippen molar-refractivity contribution < 1.29 is 19.8 Å². The Hall–Kier alpha value is -2.41. The molecule has 1 aliphatic heterocycles. The molecule has 4 N–H and O–H groups in total. The van der Waals surface area contributed by atoms with E-state index in [-0.39, 0.29) is 0 Å². The van der Waals surface area contributed by atoms with Gasteiger partial charge in [0.2, 0.25) is 0 Å². The number of aryl methyl sites for hydroxylation is 1. The van der Waals surface area contributed by atoms with Crippen LogP contribution >= 0.6 is 0 Å². The zero-order chi connectivity index (χ0) is 17.0. The number of hydrogen-bond donors (Lipinski definition) is 3. The molecule has 0 radical (unpaired) electrons. The predicted octanol–water partition coefficient (Wildman–Crippen LogP) is 1.03. The number of pyridine rings is 1. The van der Waals surface area contributed by atoms with E-state index in [0.29, 0.717) is 18.2 Å². The minimum absolute atomic E-state index is 0.539. The van der Waals surface area contributed by atoms with Crippen LogP contribution in [0.4, 0.5) is 5.69 Å². The molecule has 3 rings (SSSR count). The van der Waals surface area contributed by atoms with Crippen LogP contribution in [-0.2, 0) is 9.59 Å². The third-order valence-electron chi connectivity index (χ3n) is 4.01. The van der Waals surface area contributed by atoms with E-state index in [2.05, 4.69) is 22.9 Å². The fourth-order valence-corrected chi connectivity index (χ4v) is 2.99. The second-order valence-corrected chi connectivity index (χ2v) is 5.83. The molecule has 0 aromatic carbocycles. The summed E-state index contributed by atoms with van der Waals surface area (Å²) < 4.78 is 0. The lowest BCUT2D eigenvalue weighted by Crippen LogP contribution is -2.38. The number of nitrogens with zero attached hydrogens (tertiary/aromatic N) is 2. The molecule has 3 unspecified atom stereocenters. The topological polar surface area (TPSA) is 117 Å². The van der Waals surface area contributed by atoms with Gasteiger partial charge < -0.3 is 20.8 Å². The number of piperidine rings is 1. The summed E-state index contributed by atoms with van der Waals surface area (Å²) in [7, 11) is 0. The molecule has 0 spiro atoms. The lowest BCUT2D eigenvalue weighted by Gasteiger charge is -2.28. The zero-order valence-corrected chi connectivity index (χ0v) is 12.9. The first kappa shape index (κ1) is 17.0. The zero-order valence-electron chi connectivity index (χ0n) is 12.9.